The molecule has 0 aliphatic carbocycles. The molecule has 0 radical (unpaired) electrons. The molecule has 274 valence electrons. The number of rotatable bonds is 16. The number of tetrazole rings is 1. The molecule has 0 aliphatic heterocycles. The van der Waals surface area contributed by atoms with Gasteiger partial charge in [-0.05, 0) is 83.0 Å². The van der Waals surface area contributed by atoms with Gasteiger partial charge in [-0.1, -0.05) is 116 Å². The van der Waals surface area contributed by atoms with Gasteiger partial charge in [-0.25, -0.2) is 0 Å². The van der Waals surface area contributed by atoms with Gasteiger partial charge in [0, 0.05) is 29.6 Å². The van der Waals surface area contributed by atoms with Crippen molar-refractivity contribution in [2.45, 2.75) is 116 Å². The van der Waals surface area contributed by atoms with E-state index in [4.69, 9.17) is 16.3 Å². The van der Waals surface area contributed by atoms with Crippen LogP contribution in [0.1, 0.15) is 99.6 Å². The largest absolute Gasteiger partial charge is 0.490 e. The van der Waals surface area contributed by atoms with Crippen molar-refractivity contribution in [2.75, 3.05) is 17.2 Å². The van der Waals surface area contributed by atoms with E-state index in [1.54, 1.807) is 32.9 Å². The first-order valence-corrected chi connectivity index (χ1v) is 18.9. The van der Waals surface area contributed by atoms with Gasteiger partial charge in [0.25, 0.3) is 0 Å². The number of hydrogen-bond donors (Lipinski definition) is 2. The molecule has 2 N–H and O–H groups in total. The number of amides is 1. The van der Waals surface area contributed by atoms with Crippen molar-refractivity contribution in [3.05, 3.63) is 82.9 Å². The first-order chi connectivity index (χ1) is 24.0. The molecule has 1 aromatic heterocycles. The minimum atomic E-state index is -1.13. The van der Waals surface area contributed by atoms with Crippen LogP contribution in [-0.4, -0.2) is 49.8 Å². The Morgan fingerprint density at radius 1 is 0.922 bits per heavy atom. The molecule has 3 aromatic carbocycles. The van der Waals surface area contributed by atoms with E-state index >= 15 is 0 Å². The number of aromatic nitrogens is 4. The second-order valence-corrected chi connectivity index (χ2v) is 16.8. The molecule has 11 heteroatoms. The zero-order valence-electron chi connectivity index (χ0n) is 31.6. The zero-order valence-corrected chi connectivity index (χ0v) is 33.2. The van der Waals surface area contributed by atoms with Crippen molar-refractivity contribution >= 4 is 46.4 Å². The van der Waals surface area contributed by atoms with Crippen molar-refractivity contribution in [2.24, 2.45) is 5.41 Å². The Morgan fingerprint density at radius 2 is 1.61 bits per heavy atom. The fourth-order valence-electron chi connectivity index (χ4n) is 5.31. The standard InChI is InChI=1S/C40H53ClN6O3S/c1-11-39(7,8)27-18-21-33(30(24-27)40(9,10)12-2)50-26(3)22-23-42-28-19-20-31(41)32(25-28)43-36(49)34(35(48)38(4,5)6)51-37-44-45-46-47(37)29-16-14-13-15-17-29/h13-21,24-26,34,42H,11-12,22-23H2,1-10H3,(H,43,49). The lowest BCUT2D eigenvalue weighted by Crippen LogP contribution is -2.39. The smallest absolute Gasteiger partial charge is 0.245 e. The summed E-state index contributed by atoms with van der Waals surface area (Å²) in [6.07, 6.45) is 2.76. The number of ether oxygens (including phenoxy) is 1. The number of carbonyl (C=O) groups is 2. The van der Waals surface area contributed by atoms with Crippen LogP contribution in [0.15, 0.2) is 71.9 Å². The summed E-state index contributed by atoms with van der Waals surface area (Å²) >= 11 is 7.56. The van der Waals surface area contributed by atoms with Crippen LogP contribution < -0.4 is 15.4 Å². The lowest BCUT2D eigenvalue weighted by atomic mass is 9.76. The molecule has 0 saturated heterocycles. The van der Waals surface area contributed by atoms with Gasteiger partial charge >= 0.3 is 0 Å². The van der Waals surface area contributed by atoms with Crippen molar-refractivity contribution in [1.29, 1.82) is 0 Å². The van der Waals surface area contributed by atoms with Gasteiger partial charge in [0.15, 0.2) is 11.0 Å². The van der Waals surface area contributed by atoms with Crippen molar-refractivity contribution in [3.63, 3.8) is 0 Å². The predicted octanol–water partition coefficient (Wildman–Crippen LogP) is 9.67. The Kier molecular flexibility index (Phi) is 13.0. The number of carbonyl (C=O) groups excluding carboxylic acids is 2. The lowest BCUT2D eigenvalue weighted by Gasteiger charge is -2.31. The van der Waals surface area contributed by atoms with Crippen LogP contribution in [0.25, 0.3) is 5.69 Å². The number of benzene rings is 3. The topological polar surface area (TPSA) is 111 Å². The van der Waals surface area contributed by atoms with E-state index in [1.165, 1.54) is 15.8 Å². The molecule has 0 saturated carbocycles. The summed E-state index contributed by atoms with van der Waals surface area (Å²) in [5, 5.41) is 17.9. The van der Waals surface area contributed by atoms with Gasteiger partial charge in [0.2, 0.25) is 11.1 Å². The molecule has 2 atom stereocenters. The highest BCUT2D eigenvalue weighted by Gasteiger charge is 2.37. The SMILES string of the molecule is CCC(C)(C)c1ccc(OC(C)CCNc2ccc(Cl)c(NC(=O)C(Sc3nnnn3-c3ccccc3)C(=O)C(C)(C)C)c2)c(C(C)(C)CC)c1. The molecule has 0 spiro atoms. The molecule has 4 rings (SSSR count). The molecule has 2 unspecified atom stereocenters. The van der Waals surface area contributed by atoms with E-state index in [2.05, 4.69) is 92.8 Å². The molecular formula is C40H53ClN6O3S. The van der Waals surface area contributed by atoms with Crippen LogP contribution in [0, 0.1) is 5.41 Å². The van der Waals surface area contributed by atoms with Gasteiger partial charge in [0.05, 0.1) is 22.5 Å². The molecule has 4 aromatic rings. The van der Waals surface area contributed by atoms with Crippen LogP contribution in [0.3, 0.4) is 0 Å². The molecular weight excluding hydrogens is 680 g/mol. The molecule has 1 heterocycles. The maximum absolute atomic E-state index is 13.8. The number of halogens is 1. The van der Waals surface area contributed by atoms with E-state index in [0.29, 0.717) is 28.1 Å². The van der Waals surface area contributed by atoms with Crippen LogP contribution in [0.2, 0.25) is 5.02 Å². The lowest BCUT2D eigenvalue weighted by molar-refractivity contribution is -0.129. The number of para-hydroxylation sites is 1. The van der Waals surface area contributed by atoms with Crippen LogP contribution in [0.4, 0.5) is 11.4 Å². The van der Waals surface area contributed by atoms with E-state index in [9.17, 15) is 9.59 Å². The Labute approximate surface area is 312 Å². The van der Waals surface area contributed by atoms with Crippen molar-refractivity contribution in [3.8, 4) is 11.4 Å². The predicted molar refractivity (Wildman–Crippen MR) is 210 cm³/mol. The maximum Gasteiger partial charge on any atom is 0.245 e. The fraction of sp³-hybridized carbons (Fsp3) is 0.475. The Bertz CT molecular complexity index is 1800. The molecule has 0 aliphatic rings. The number of ketones is 1. The van der Waals surface area contributed by atoms with E-state index in [0.717, 1.165) is 42.5 Å². The third-order valence-corrected chi connectivity index (χ3v) is 11.0. The summed E-state index contributed by atoms with van der Waals surface area (Å²) in [6, 6.07) is 21.3. The third kappa shape index (κ3) is 10.1. The first kappa shape index (κ1) is 39.9. The van der Waals surface area contributed by atoms with E-state index < -0.39 is 16.6 Å². The number of Topliss-reactive ketones (excluding diaryl/α,β-unsaturated/α-hetero) is 1. The summed E-state index contributed by atoms with van der Waals surface area (Å²) < 4.78 is 8.07. The molecule has 0 fully saturated rings. The number of anilines is 2. The maximum atomic E-state index is 13.8. The highest BCUT2D eigenvalue weighted by atomic mass is 35.5. The number of nitrogens with zero attached hydrogens (tertiary/aromatic N) is 4. The average Bonchev–Trinajstić information content (AvgIpc) is 3.56. The van der Waals surface area contributed by atoms with Crippen LogP contribution in [-0.2, 0) is 20.4 Å². The van der Waals surface area contributed by atoms with Gasteiger partial charge in [-0.2, -0.15) is 4.68 Å². The average molecular weight is 733 g/mol. The summed E-state index contributed by atoms with van der Waals surface area (Å²) in [7, 11) is 0. The second kappa shape index (κ2) is 16.6. The highest BCUT2D eigenvalue weighted by Crippen LogP contribution is 2.39. The molecule has 0 bridgehead atoms. The van der Waals surface area contributed by atoms with Crippen molar-refractivity contribution in [1.82, 2.24) is 20.2 Å². The quantitative estimate of drug-likeness (QED) is 0.0866. The molecule has 51 heavy (non-hydrogen) atoms. The minimum Gasteiger partial charge on any atom is -0.490 e. The fourth-order valence-corrected chi connectivity index (χ4v) is 6.64. The Hall–Kier alpha value is -3.89. The van der Waals surface area contributed by atoms with Gasteiger partial charge < -0.3 is 15.4 Å². The number of thioether (sulfide) groups is 1. The monoisotopic (exact) mass is 732 g/mol. The van der Waals surface area contributed by atoms with Crippen molar-refractivity contribution < 1.29 is 14.3 Å². The highest BCUT2D eigenvalue weighted by molar-refractivity contribution is 8.01. The molecule has 1 amide bonds. The Balaban J connectivity index is 1.45. The second-order valence-electron chi connectivity index (χ2n) is 15.3. The normalized spacial score (nSPS) is 13.4. The van der Waals surface area contributed by atoms with Crippen LogP contribution >= 0.6 is 23.4 Å². The van der Waals surface area contributed by atoms with Gasteiger partial charge in [0.1, 0.15) is 5.75 Å². The van der Waals surface area contributed by atoms with Gasteiger partial charge in [-0.3, -0.25) is 9.59 Å². The Morgan fingerprint density at radius 3 is 2.25 bits per heavy atom. The first-order valence-electron chi connectivity index (χ1n) is 17.7. The molecule has 9 nitrogen and oxygen atoms in total. The summed E-state index contributed by atoms with van der Waals surface area (Å²) in [6.45, 7) is 21.6. The van der Waals surface area contributed by atoms with Gasteiger partial charge in [-0.15, -0.1) is 5.10 Å². The minimum absolute atomic E-state index is 0.0250. The number of hydrogen-bond acceptors (Lipinski definition) is 8. The summed E-state index contributed by atoms with van der Waals surface area (Å²) in [4.78, 5) is 27.4. The summed E-state index contributed by atoms with van der Waals surface area (Å²) in [5.41, 5.74) is 3.72. The summed E-state index contributed by atoms with van der Waals surface area (Å²) in [5.74, 6) is 0.153. The van der Waals surface area contributed by atoms with E-state index in [1.807, 2.05) is 36.4 Å². The zero-order chi connectivity index (χ0) is 37.6. The van der Waals surface area contributed by atoms with E-state index in [-0.39, 0.29) is 22.7 Å². The number of nitrogens with one attached hydrogen (secondary N) is 2. The third-order valence-electron chi connectivity index (χ3n) is 9.57. The van der Waals surface area contributed by atoms with Crippen LogP contribution in [0.5, 0.6) is 5.75 Å².